The molecular weight excluding hydrogens is 287 g/mol. The van der Waals surface area contributed by atoms with Crippen molar-refractivity contribution in [1.82, 2.24) is 9.55 Å². The number of aryl methyl sites for hydroxylation is 1. The molecule has 1 aromatic heterocycles. The molecule has 0 amide bonds. The molecular formula is C13H10ClFN2O3. The van der Waals surface area contributed by atoms with Crippen LogP contribution in [0, 0.1) is 12.7 Å². The zero-order chi connectivity index (χ0) is 15.0. The fourth-order valence-electron chi connectivity index (χ4n) is 1.82. The summed E-state index contributed by atoms with van der Waals surface area (Å²) in [6, 6.07) is 3.15. The lowest BCUT2D eigenvalue weighted by Gasteiger charge is -2.09. The smallest absolute Gasteiger partial charge is 0.311 e. The normalized spacial score (nSPS) is 10.6. The van der Waals surface area contributed by atoms with Gasteiger partial charge in [0, 0.05) is 17.3 Å². The molecule has 0 fully saturated rings. The topological polar surface area (TPSA) is 71.9 Å². The van der Waals surface area contributed by atoms with Crippen LogP contribution in [-0.2, 0) is 0 Å². The van der Waals surface area contributed by atoms with Gasteiger partial charge in [0.25, 0.3) is 5.56 Å². The van der Waals surface area contributed by atoms with E-state index in [0.29, 0.717) is 10.3 Å². The second-order valence-electron chi connectivity index (χ2n) is 4.27. The molecule has 1 N–H and O–H groups in total. The maximum atomic E-state index is 13.9. The van der Waals surface area contributed by atoms with E-state index in [-0.39, 0.29) is 16.3 Å². The highest BCUT2D eigenvalue weighted by Crippen LogP contribution is 2.22. The van der Waals surface area contributed by atoms with Gasteiger partial charge in [0.15, 0.2) is 5.78 Å². The maximum absolute atomic E-state index is 13.9. The molecule has 2 rings (SSSR count). The SMILES string of the molecule is CC(=O)c1cc(-n2c(=O)cc(C)[nH]c2=O)c(F)cc1Cl. The molecule has 20 heavy (non-hydrogen) atoms. The summed E-state index contributed by atoms with van der Waals surface area (Å²) >= 11 is 5.75. The molecule has 0 bridgehead atoms. The van der Waals surface area contributed by atoms with Crippen LogP contribution in [0.2, 0.25) is 5.02 Å². The largest absolute Gasteiger partial charge is 0.333 e. The van der Waals surface area contributed by atoms with Gasteiger partial charge in [0.2, 0.25) is 0 Å². The van der Waals surface area contributed by atoms with E-state index in [1.54, 1.807) is 0 Å². The van der Waals surface area contributed by atoms with Crippen LogP contribution in [0.5, 0.6) is 0 Å². The summed E-state index contributed by atoms with van der Waals surface area (Å²) < 4.78 is 14.5. The predicted molar refractivity (Wildman–Crippen MR) is 72.4 cm³/mol. The van der Waals surface area contributed by atoms with E-state index in [9.17, 15) is 18.8 Å². The molecule has 0 spiro atoms. The number of benzene rings is 1. The zero-order valence-corrected chi connectivity index (χ0v) is 11.4. The Kier molecular flexibility index (Phi) is 3.59. The first-order chi connectivity index (χ1) is 9.31. The van der Waals surface area contributed by atoms with E-state index in [2.05, 4.69) is 4.98 Å². The summed E-state index contributed by atoms with van der Waals surface area (Å²) in [5.41, 5.74) is -1.40. The Labute approximate surface area is 117 Å². The third kappa shape index (κ3) is 2.42. The van der Waals surface area contributed by atoms with Gasteiger partial charge in [-0.1, -0.05) is 11.6 Å². The Morgan fingerprint density at radius 3 is 2.50 bits per heavy atom. The van der Waals surface area contributed by atoms with Crippen molar-refractivity contribution >= 4 is 17.4 Å². The number of ketones is 1. The number of Topliss-reactive ketones (excluding diaryl/α,β-unsaturated/α-hetero) is 1. The summed E-state index contributed by atoms with van der Waals surface area (Å²) in [6.07, 6.45) is 0. The van der Waals surface area contributed by atoms with Crippen molar-refractivity contribution in [2.75, 3.05) is 0 Å². The van der Waals surface area contributed by atoms with E-state index < -0.39 is 22.8 Å². The minimum absolute atomic E-state index is 0.0370. The number of halogens is 2. The van der Waals surface area contributed by atoms with E-state index in [1.165, 1.54) is 13.8 Å². The highest BCUT2D eigenvalue weighted by Gasteiger charge is 2.16. The van der Waals surface area contributed by atoms with Crippen LogP contribution in [0.25, 0.3) is 5.69 Å². The minimum atomic E-state index is -0.864. The number of H-pyrrole nitrogens is 1. The zero-order valence-electron chi connectivity index (χ0n) is 10.7. The number of nitrogens with zero attached hydrogens (tertiary/aromatic N) is 1. The molecule has 0 aliphatic heterocycles. The van der Waals surface area contributed by atoms with Crippen LogP contribution >= 0.6 is 11.6 Å². The fourth-order valence-corrected chi connectivity index (χ4v) is 2.10. The average Bonchev–Trinajstić information content (AvgIpc) is 2.29. The minimum Gasteiger partial charge on any atom is -0.311 e. The molecule has 5 nitrogen and oxygen atoms in total. The van der Waals surface area contributed by atoms with Crippen LogP contribution < -0.4 is 11.2 Å². The number of rotatable bonds is 2. The van der Waals surface area contributed by atoms with Crippen molar-refractivity contribution < 1.29 is 9.18 Å². The van der Waals surface area contributed by atoms with Gasteiger partial charge in [-0.25, -0.2) is 13.8 Å². The molecule has 1 heterocycles. The Hall–Kier alpha value is -2.21. The number of hydrogen-bond acceptors (Lipinski definition) is 3. The van der Waals surface area contributed by atoms with Gasteiger partial charge in [-0.2, -0.15) is 0 Å². The number of aromatic nitrogens is 2. The van der Waals surface area contributed by atoms with Crippen molar-refractivity contribution in [2.45, 2.75) is 13.8 Å². The number of nitrogens with one attached hydrogen (secondary N) is 1. The summed E-state index contributed by atoms with van der Waals surface area (Å²) in [5, 5.41) is -0.0738. The van der Waals surface area contributed by atoms with Crippen molar-refractivity contribution in [3.05, 3.63) is 61.1 Å². The summed E-state index contributed by atoms with van der Waals surface area (Å²) in [7, 11) is 0. The molecule has 0 saturated carbocycles. The van der Waals surface area contributed by atoms with Gasteiger partial charge in [-0.05, 0) is 26.0 Å². The summed E-state index contributed by atoms with van der Waals surface area (Å²) in [5.74, 6) is -1.26. The van der Waals surface area contributed by atoms with Crippen molar-refractivity contribution in [3.63, 3.8) is 0 Å². The summed E-state index contributed by atoms with van der Waals surface area (Å²) in [6.45, 7) is 2.79. The van der Waals surface area contributed by atoms with E-state index in [4.69, 9.17) is 11.6 Å². The van der Waals surface area contributed by atoms with Gasteiger partial charge in [-0.15, -0.1) is 0 Å². The van der Waals surface area contributed by atoms with Crippen molar-refractivity contribution in [1.29, 1.82) is 0 Å². The van der Waals surface area contributed by atoms with Crippen LogP contribution in [0.15, 0.2) is 27.8 Å². The number of carbonyl (C=O) groups is 1. The maximum Gasteiger partial charge on any atom is 0.333 e. The second kappa shape index (κ2) is 5.05. The van der Waals surface area contributed by atoms with Gasteiger partial charge < -0.3 is 4.98 Å². The van der Waals surface area contributed by atoms with Crippen LogP contribution in [0.3, 0.4) is 0 Å². The fraction of sp³-hybridized carbons (Fsp3) is 0.154. The Morgan fingerprint density at radius 1 is 1.30 bits per heavy atom. The Bertz CT molecular complexity index is 792. The number of hydrogen-bond donors (Lipinski definition) is 1. The number of aromatic amines is 1. The van der Waals surface area contributed by atoms with E-state index >= 15 is 0 Å². The summed E-state index contributed by atoms with van der Waals surface area (Å²) in [4.78, 5) is 37.4. The van der Waals surface area contributed by atoms with Crippen LogP contribution in [-0.4, -0.2) is 15.3 Å². The third-order valence-electron chi connectivity index (χ3n) is 2.72. The third-order valence-corrected chi connectivity index (χ3v) is 3.04. The molecule has 1 aromatic carbocycles. The molecule has 2 aromatic rings. The lowest BCUT2D eigenvalue weighted by Crippen LogP contribution is -2.34. The standard InChI is InChI=1S/C13H10ClFN2O3/c1-6-3-12(19)17(13(20)16-6)11-4-8(7(2)18)9(14)5-10(11)15/h3-5H,1-2H3,(H,16,20). The average molecular weight is 297 g/mol. The number of carbonyl (C=O) groups excluding carboxylic acids is 1. The first-order valence-electron chi connectivity index (χ1n) is 5.64. The van der Waals surface area contributed by atoms with Crippen LogP contribution in [0.1, 0.15) is 23.0 Å². The molecule has 0 saturated heterocycles. The van der Waals surface area contributed by atoms with Crippen molar-refractivity contribution in [3.8, 4) is 5.69 Å². The molecule has 0 unspecified atom stereocenters. The van der Waals surface area contributed by atoms with Crippen molar-refractivity contribution in [2.24, 2.45) is 0 Å². The predicted octanol–water partition coefficient (Wildman–Crippen LogP) is 1.83. The van der Waals surface area contributed by atoms with E-state index in [1.807, 2.05) is 0 Å². The highest BCUT2D eigenvalue weighted by molar-refractivity contribution is 6.33. The first-order valence-corrected chi connectivity index (χ1v) is 6.02. The molecule has 104 valence electrons. The molecule has 0 radical (unpaired) electrons. The molecule has 0 atom stereocenters. The first kappa shape index (κ1) is 14.2. The van der Waals surface area contributed by atoms with Crippen LogP contribution in [0.4, 0.5) is 4.39 Å². The van der Waals surface area contributed by atoms with Gasteiger partial charge in [0.1, 0.15) is 5.82 Å². The lowest BCUT2D eigenvalue weighted by atomic mass is 10.1. The molecule has 7 heteroatoms. The second-order valence-corrected chi connectivity index (χ2v) is 4.68. The highest BCUT2D eigenvalue weighted by atomic mass is 35.5. The quantitative estimate of drug-likeness (QED) is 0.859. The van der Waals surface area contributed by atoms with Gasteiger partial charge in [-0.3, -0.25) is 9.59 Å². The lowest BCUT2D eigenvalue weighted by molar-refractivity contribution is 0.101. The Morgan fingerprint density at radius 2 is 1.95 bits per heavy atom. The van der Waals surface area contributed by atoms with Gasteiger partial charge >= 0.3 is 5.69 Å². The van der Waals surface area contributed by atoms with E-state index in [0.717, 1.165) is 18.2 Å². The molecule has 0 aliphatic rings. The molecule has 0 aliphatic carbocycles. The Balaban J connectivity index is 2.84. The monoisotopic (exact) mass is 296 g/mol. The van der Waals surface area contributed by atoms with Gasteiger partial charge in [0.05, 0.1) is 10.7 Å².